The van der Waals surface area contributed by atoms with Crippen molar-refractivity contribution < 1.29 is 27.4 Å². The molecular weight excluding hydrogens is 481 g/mol. The average Bonchev–Trinajstić information content (AvgIpc) is 3.21. The normalized spacial score (nSPS) is 17.1. The van der Waals surface area contributed by atoms with Gasteiger partial charge in [0.05, 0.1) is 12.7 Å². The Labute approximate surface area is 195 Å². The highest BCUT2D eigenvalue weighted by Crippen LogP contribution is 2.36. The van der Waals surface area contributed by atoms with Gasteiger partial charge >= 0.3 is 6.18 Å². The molecule has 2 aliphatic heterocycles. The van der Waals surface area contributed by atoms with Gasteiger partial charge in [0.15, 0.2) is 17.3 Å². The van der Waals surface area contributed by atoms with Crippen molar-refractivity contribution in [2.24, 2.45) is 10.1 Å². The molecule has 7 nitrogen and oxygen atoms in total. The lowest BCUT2D eigenvalue weighted by Crippen LogP contribution is -2.35. The van der Waals surface area contributed by atoms with Gasteiger partial charge in [-0.05, 0) is 41.6 Å². The van der Waals surface area contributed by atoms with E-state index in [1.165, 1.54) is 13.2 Å². The Morgan fingerprint density at radius 2 is 1.97 bits per heavy atom. The number of amides is 1. The summed E-state index contributed by atoms with van der Waals surface area (Å²) in [5.74, 6) is -0.574. The van der Waals surface area contributed by atoms with Crippen molar-refractivity contribution in [3.8, 4) is 11.5 Å². The van der Waals surface area contributed by atoms with Gasteiger partial charge in [-0.15, -0.1) is 0 Å². The Morgan fingerprint density at radius 1 is 1.21 bits per heavy atom. The fourth-order valence-corrected chi connectivity index (χ4v) is 3.89. The summed E-state index contributed by atoms with van der Waals surface area (Å²) < 4.78 is 50.0. The lowest BCUT2D eigenvalue weighted by atomic mass is 10.1. The number of nitrogens with zero attached hydrogens (tertiary/aromatic N) is 3. The van der Waals surface area contributed by atoms with Crippen molar-refractivity contribution in [2.75, 3.05) is 7.11 Å². The van der Waals surface area contributed by atoms with Crippen LogP contribution in [0, 0.1) is 5.41 Å². The highest BCUT2D eigenvalue weighted by molar-refractivity contribution is 8.27. The van der Waals surface area contributed by atoms with Crippen LogP contribution in [0.25, 0.3) is 6.08 Å². The van der Waals surface area contributed by atoms with Gasteiger partial charge in [-0.2, -0.15) is 28.3 Å². The number of rotatable bonds is 5. The molecule has 0 atom stereocenters. The van der Waals surface area contributed by atoms with Crippen LogP contribution in [0.4, 0.5) is 13.2 Å². The molecule has 1 N–H and O–H groups in total. The third kappa shape index (κ3) is 4.74. The minimum Gasteiger partial charge on any atom is -0.493 e. The van der Waals surface area contributed by atoms with Crippen LogP contribution in [0.2, 0.25) is 5.02 Å². The van der Waals surface area contributed by atoms with Gasteiger partial charge in [0.2, 0.25) is 10.2 Å². The number of carbonyl (C=O) groups is 1. The molecule has 0 spiro atoms. The summed E-state index contributed by atoms with van der Waals surface area (Å²) >= 11 is 6.33. The van der Waals surface area contributed by atoms with Gasteiger partial charge in [-0.3, -0.25) is 10.2 Å². The number of hydrogen-bond donors (Lipinski definition) is 1. The number of carbonyl (C=O) groups excluding carboxylic acids is 1. The van der Waals surface area contributed by atoms with Crippen LogP contribution in [0.1, 0.15) is 11.1 Å². The summed E-state index contributed by atoms with van der Waals surface area (Å²) in [6, 6.07) is 12.0. The Balaban J connectivity index is 1.58. The van der Waals surface area contributed by atoms with E-state index in [-0.39, 0.29) is 29.1 Å². The van der Waals surface area contributed by atoms with E-state index in [1.54, 1.807) is 24.3 Å². The van der Waals surface area contributed by atoms with Crippen molar-refractivity contribution >= 4 is 51.4 Å². The van der Waals surface area contributed by atoms with Crippen LogP contribution >= 0.6 is 23.4 Å². The molecule has 0 radical (unpaired) electrons. The summed E-state index contributed by atoms with van der Waals surface area (Å²) in [6.07, 6.45) is -3.37. The molecule has 2 aromatic carbocycles. The molecule has 2 heterocycles. The lowest BCUT2D eigenvalue weighted by molar-refractivity contribution is -0.114. The highest BCUT2D eigenvalue weighted by atomic mass is 35.5. The van der Waals surface area contributed by atoms with Gasteiger partial charge in [0, 0.05) is 10.6 Å². The van der Waals surface area contributed by atoms with Gasteiger partial charge in [-0.25, -0.2) is 0 Å². The monoisotopic (exact) mass is 494 g/mol. The summed E-state index contributed by atoms with van der Waals surface area (Å²) in [7, 11) is 1.44. The number of fused-ring (bicyclic) bond motifs is 1. The fourth-order valence-electron chi connectivity index (χ4n) is 2.94. The highest BCUT2D eigenvalue weighted by Gasteiger charge is 2.46. The second kappa shape index (κ2) is 8.91. The maximum atomic E-state index is 12.9. The van der Waals surface area contributed by atoms with Gasteiger partial charge < -0.3 is 9.47 Å². The molecule has 1 amide bonds. The van der Waals surface area contributed by atoms with Gasteiger partial charge in [0.25, 0.3) is 5.91 Å². The van der Waals surface area contributed by atoms with E-state index in [9.17, 15) is 18.0 Å². The number of alkyl halides is 3. The second-order valence-corrected chi connectivity index (χ2v) is 8.08. The minimum atomic E-state index is -4.70. The van der Waals surface area contributed by atoms with Crippen LogP contribution in [0.15, 0.2) is 58.1 Å². The topological polar surface area (TPSA) is 87.3 Å². The zero-order chi connectivity index (χ0) is 23.8. The Morgan fingerprint density at radius 3 is 2.67 bits per heavy atom. The molecule has 33 heavy (non-hydrogen) atoms. The van der Waals surface area contributed by atoms with Crippen LogP contribution in [-0.4, -0.2) is 40.2 Å². The van der Waals surface area contributed by atoms with Gasteiger partial charge in [0.1, 0.15) is 6.61 Å². The number of ether oxygens (including phenoxy) is 2. The molecular formula is C21H14ClF3N4O3S. The molecule has 0 saturated heterocycles. The molecule has 2 aliphatic rings. The zero-order valence-electron chi connectivity index (χ0n) is 16.8. The number of hydrogen-bond acceptors (Lipinski definition) is 6. The smallest absolute Gasteiger partial charge is 0.441 e. The van der Waals surface area contributed by atoms with E-state index < -0.39 is 23.0 Å². The van der Waals surface area contributed by atoms with Crippen molar-refractivity contribution in [3.63, 3.8) is 0 Å². The number of amidine groups is 2. The van der Waals surface area contributed by atoms with E-state index in [0.29, 0.717) is 27.1 Å². The molecule has 4 rings (SSSR count). The van der Waals surface area contributed by atoms with Crippen LogP contribution in [0.5, 0.6) is 11.5 Å². The van der Waals surface area contributed by atoms with Gasteiger partial charge in [-0.1, -0.05) is 35.9 Å². The number of halogens is 4. The number of benzene rings is 2. The Bertz CT molecular complexity index is 1240. The number of aliphatic imine (C=N–C) groups is 1. The third-order valence-electron chi connectivity index (χ3n) is 4.54. The molecule has 0 aromatic heterocycles. The first kappa shape index (κ1) is 22.9. The van der Waals surface area contributed by atoms with Crippen LogP contribution in [0.3, 0.4) is 0 Å². The standard InChI is InChI=1S/C21H14ClF3N4O3S/c1-31-16-9-11(6-7-15(16)32-10-12-4-2-3-5-14(12)22)8-13-17(26)29-20(27-18(13)30)33-19(28-29)21(23,24)25/h2-9,26H,10H2,1H3/b13-8+,26-17?. The van der Waals surface area contributed by atoms with Crippen molar-refractivity contribution in [3.05, 3.63) is 64.2 Å². The molecule has 2 aromatic rings. The van der Waals surface area contributed by atoms with Crippen LogP contribution < -0.4 is 9.47 Å². The zero-order valence-corrected chi connectivity index (χ0v) is 18.4. The maximum absolute atomic E-state index is 12.9. The quantitative estimate of drug-likeness (QED) is 0.584. The number of thioether (sulfide) groups is 1. The van der Waals surface area contributed by atoms with Crippen molar-refractivity contribution in [1.82, 2.24) is 5.01 Å². The maximum Gasteiger partial charge on any atom is 0.441 e. The van der Waals surface area contributed by atoms with Crippen molar-refractivity contribution in [2.45, 2.75) is 12.8 Å². The van der Waals surface area contributed by atoms with E-state index >= 15 is 0 Å². The first-order chi connectivity index (χ1) is 15.7. The predicted molar refractivity (Wildman–Crippen MR) is 120 cm³/mol. The summed E-state index contributed by atoms with van der Waals surface area (Å²) in [5.41, 5.74) is 1.03. The van der Waals surface area contributed by atoms with E-state index in [2.05, 4.69) is 10.1 Å². The van der Waals surface area contributed by atoms with Crippen molar-refractivity contribution in [1.29, 1.82) is 5.41 Å². The molecule has 0 bridgehead atoms. The molecule has 12 heteroatoms. The predicted octanol–water partition coefficient (Wildman–Crippen LogP) is 5.11. The summed E-state index contributed by atoms with van der Waals surface area (Å²) in [4.78, 5) is 16.0. The Hall–Kier alpha value is -3.31. The summed E-state index contributed by atoms with van der Waals surface area (Å²) in [5, 5.41) is 11.3. The molecule has 170 valence electrons. The first-order valence-electron chi connectivity index (χ1n) is 9.29. The van der Waals surface area contributed by atoms with E-state index in [4.69, 9.17) is 26.5 Å². The molecule has 0 unspecified atom stereocenters. The first-order valence-corrected chi connectivity index (χ1v) is 10.5. The third-order valence-corrected chi connectivity index (χ3v) is 5.86. The van der Waals surface area contributed by atoms with E-state index in [0.717, 1.165) is 5.56 Å². The molecule has 0 saturated carbocycles. The lowest BCUT2D eigenvalue weighted by Gasteiger charge is -2.20. The fraction of sp³-hybridized carbons (Fsp3) is 0.143. The summed E-state index contributed by atoms with van der Waals surface area (Å²) in [6.45, 7) is 0.198. The Kier molecular flexibility index (Phi) is 6.17. The second-order valence-electron chi connectivity index (χ2n) is 6.71. The molecule has 0 aliphatic carbocycles. The number of methoxy groups -OCH3 is 1. The molecule has 0 fully saturated rings. The van der Waals surface area contributed by atoms with E-state index in [1.807, 2.05) is 18.2 Å². The minimum absolute atomic E-state index is 0.196. The number of hydrazone groups is 1. The largest absolute Gasteiger partial charge is 0.493 e. The number of nitrogens with one attached hydrogen (secondary N) is 1. The van der Waals surface area contributed by atoms with Crippen LogP contribution in [-0.2, 0) is 11.4 Å². The SMILES string of the molecule is COc1cc(/C=C2\C(=N)N3N=C(C(F)(F)F)SC3=NC2=O)ccc1OCc1ccccc1Cl. The average molecular weight is 495 g/mol.